The Labute approximate surface area is 105 Å². The SMILES string of the molecule is CC(C)(N)Cc1nc(-c2cccc(Cl)c2)no1. The highest BCUT2D eigenvalue weighted by Crippen LogP contribution is 2.20. The lowest BCUT2D eigenvalue weighted by Gasteiger charge is -2.14. The van der Waals surface area contributed by atoms with Crippen molar-refractivity contribution in [1.82, 2.24) is 10.1 Å². The molecule has 2 rings (SSSR count). The second-order valence-corrected chi connectivity index (χ2v) is 5.12. The van der Waals surface area contributed by atoms with Crippen LogP contribution in [-0.2, 0) is 6.42 Å². The van der Waals surface area contributed by atoms with Gasteiger partial charge in [-0.3, -0.25) is 0 Å². The summed E-state index contributed by atoms with van der Waals surface area (Å²) in [5, 5.41) is 4.56. The Balaban J connectivity index is 2.24. The number of rotatable bonds is 3. The quantitative estimate of drug-likeness (QED) is 0.911. The Morgan fingerprint density at radius 1 is 1.41 bits per heavy atom. The molecule has 2 aromatic rings. The third-order valence-corrected chi connectivity index (χ3v) is 2.39. The molecule has 0 unspecified atom stereocenters. The van der Waals surface area contributed by atoms with Crippen LogP contribution in [0.4, 0.5) is 0 Å². The number of nitrogens with zero attached hydrogens (tertiary/aromatic N) is 2. The van der Waals surface area contributed by atoms with E-state index in [0.717, 1.165) is 5.56 Å². The van der Waals surface area contributed by atoms with Crippen molar-refractivity contribution in [2.24, 2.45) is 5.73 Å². The van der Waals surface area contributed by atoms with Crippen molar-refractivity contribution in [3.05, 3.63) is 35.2 Å². The van der Waals surface area contributed by atoms with E-state index in [2.05, 4.69) is 10.1 Å². The molecule has 0 atom stereocenters. The van der Waals surface area contributed by atoms with Gasteiger partial charge in [-0.2, -0.15) is 4.98 Å². The summed E-state index contributed by atoms with van der Waals surface area (Å²) < 4.78 is 5.15. The fourth-order valence-electron chi connectivity index (χ4n) is 1.46. The van der Waals surface area contributed by atoms with Crippen LogP contribution in [0.15, 0.2) is 28.8 Å². The minimum Gasteiger partial charge on any atom is -0.339 e. The van der Waals surface area contributed by atoms with Gasteiger partial charge in [0, 0.05) is 22.5 Å². The minimum atomic E-state index is -0.363. The van der Waals surface area contributed by atoms with E-state index in [1.807, 2.05) is 26.0 Å². The molecule has 0 bridgehead atoms. The van der Waals surface area contributed by atoms with Crippen LogP contribution in [0.1, 0.15) is 19.7 Å². The summed E-state index contributed by atoms with van der Waals surface area (Å²) in [6.45, 7) is 3.83. The first kappa shape index (κ1) is 12.1. The largest absolute Gasteiger partial charge is 0.339 e. The molecule has 4 nitrogen and oxygen atoms in total. The van der Waals surface area contributed by atoms with Gasteiger partial charge < -0.3 is 10.3 Å². The molecule has 0 saturated carbocycles. The Morgan fingerprint density at radius 2 is 2.18 bits per heavy atom. The van der Waals surface area contributed by atoms with Gasteiger partial charge in [-0.15, -0.1) is 0 Å². The number of halogens is 1. The summed E-state index contributed by atoms with van der Waals surface area (Å²) >= 11 is 5.90. The summed E-state index contributed by atoms with van der Waals surface area (Å²) in [6, 6.07) is 7.33. The Kier molecular flexibility index (Phi) is 3.17. The van der Waals surface area contributed by atoms with E-state index >= 15 is 0 Å². The predicted molar refractivity (Wildman–Crippen MR) is 66.7 cm³/mol. The van der Waals surface area contributed by atoms with Crippen LogP contribution in [0.25, 0.3) is 11.4 Å². The maximum Gasteiger partial charge on any atom is 0.228 e. The summed E-state index contributed by atoms with van der Waals surface area (Å²) in [5.41, 5.74) is 6.36. The van der Waals surface area contributed by atoms with E-state index in [4.69, 9.17) is 21.9 Å². The fourth-order valence-corrected chi connectivity index (χ4v) is 1.65. The summed E-state index contributed by atoms with van der Waals surface area (Å²) in [4.78, 5) is 4.29. The van der Waals surface area contributed by atoms with Gasteiger partial charge in [0.2, 0.25) is 11.7 Å². The Morgan fingerprint density at radius 3 is 2.82 bits per heavy atom. The number of hydrogen-bond acceptors (Lipinski definition) is 4. The second kappa shape index (κ2) is 4.47. The monoisotopic (exact) mass is 251 g/mol. The molecule has 0 aliphatic heterocycles. The van der Waals surface area contributed by atoms with Crippen molar-refractivity contribution < 1.29 is 4.52 Å². The van der Waals surface area contributed by atoms with E-state index in [9.17, 15) is 0 Å². The van der Waals surface area contributed by atoms with Gasteiger partial charge in [0.05, 0.1) is 0 Å². The van der Waals surface area contributed by atoms with Gasteiger partial charge >= 0.3 is 0 Å². The first-order chi connectivity index (χ1) is 7.94. The predicted octanol–water partition coefficient (Wildman–Crippen LogP) is 2.67. The number of aromatic nitrogens is 2. The Hall–Kier alpha value is -1.39. The lowest BCUT2D eigenvalue weighted by atomic mass is 10.0. The van der Waals surface area contributed by atoms with Crippen molar-refractivity contribution >= 4 is 11.6 Å². The summed E-state index contributed by atoms with van der Waals surface area (Å²) in [5.74, 6) is 1.07. The van der Waals surface area contributed by atoms with Crippen LogP contribution in [-0.4, -0.2) is 15.7 Å². The zero-order valence-corrected chi connectivity index (χ0v) is 10.5. The van der Waals surface area contributed by atoms with Gasteiger partial charge in [0.15, 0.2) is 0 Å². The maximum atomic E-state index is 5.90. The maximum absolute atomic E-state index is 5.90. The van der Waals surface area contributed by atoms with Crippen molar-refractivity contribution in [1.29, 1.82) is 0 Å². The zero-order chi connectivity index (χ0) is 12.5. The van der Waals surface area contributed by atoms with Gasteiger partial charge in [-0.1, -0.05) is 28.9 Å². The van der Waals surface area contributed by atoms with Crippen molar-refractivity contribution in [3.8, 4) is 11.4 Å². The van der Waals surface area contributed by atoms with E-state index in [1.165, 1.54) is 0 Å². The topological polar surface area (TPSA) is 64.9 Å². The molecule has 2 N–H and O–H groups in total. The highest BCUT2D eigenvalue weighted by atomic mass is 35.5. The molecule has 0 radical (unpaired) electrons. The smallest absolute Gasteiger partial charge is 0.228 e. The molecule has 0 fully saturated rings. The molecule has 90 valence electrons. The van der Waals surface area contributed by atoms with Crippen molar-refractivity contribution in [3.63, 3.8) is 0 Å². The van der Waals surface area contributed by atoms with Crippen LogP contribution in [0.3, 0.4) is 0 Å². The second-order valence-electron chi connectivity index (χ2n) is 4.69. The third-order valence-electron chi connectivity index (χ3n) is 2.16. The van der Waals surface area contributed by atoms with Crippen LogP contribution in [0.2, 0.25) is 5.02 Å². The molecule has 0 spiro atoms. The molecular formula is C12H14ClN3O. The Bertz CT molecular complexity index is 516. The van der Waals surface area contributed by atoms with Crippen LogP contribution >= 0.6 is 11.6 Å². The normalized spacial score (nSPS) is 11.8. The van der Waals surface area contributed by atoms with Crippen molar-refractivity contribution in [2.75, 3.05) is 0 Å². The van der Waals surface area contributed by atoms with Crippen LogP contribution < -0.4 is 5.73 Å². The van der Waals surface area contributed by atoms with Crippen LogP contribution in [0.5, 0.6) is 0 Å². The van der Waals surface area contributed by atoms with Gasteiger partial charge in [-0.25, -0.2) is 0 Å². The van der Waals surface area contributed by atoms with E-state index in [1.54, 1.807) is 12.1 Å². The first-order valence-electron chi connectivity index (χ1n) is 5.31. The van der Waals surface area contributed by atoms with E-state index in [0.29, 0.717) is 23.2 Å². The molecule has 17 heavy (non-hydrogen) atoms. The zero-order valence-electron chi connectivity index (χ0n) is 9.77. The molecule has 0 aliphatic rings. The standard InChI is InChI=1S/C12H14ClN3O/c1-12(2,14)7-10-15-11(16-17-10)8-4-3-5-9(13)6-8/h3-6H,7,14H2,1-2H3. The summed E-state index contributed by atoms with van der Waals surface area (Å²) in [7, 11) is 0. The van der Waals surface area contributed by atoms with Crippen LogP contribution in [0, 0.1) is 0 Å². The molecule has 0 saturated heterocycles. The minimum absolute atomic E-state index is 0.363. The number of hydrogen-bond donors (Lipinski definition) is 1. The van der Waals surface area contributed by atoms with Crippen molar-refractivity contribution in [2.45, 2.75) is 25.8 Å². The highest BCUT2D eigenvalue weighted by Gasteiger charge is 2.17. The van der Waals surface area contributed by atoms with E-state index < -0.39 is 0 Å². The average molecular weight is 252 g/mol. The fraction of sp³-hybridized carbons (Fsp3) is 0.333. The van der Waals surface area contributed by atoms with Gasteiger partial charge in [0.25, 0.3) is 0 Å². The molecule has 0 aliphatic carbocycles. The van der Waals surface area contributed by atoms with Gasteiger partial charge in [0.1, 0.15) is 0 Å². The molecule has 1 aromatic carbocycles. The molecular weight excluding hydrogens is 238 g/mol. The van der Waals surface area contributed by atoms with Gasteiger partial charge in [-0.05, 0) is 26.0 Å². The average Bonchev–Trinajstić information content (AvgIpc) is 2.63. The molecule has 1 heterocycles. The highest BCUT2D eigenvalue weighted by molar-refractivity contribution is 6.30. The van der Waals surface area contributed by atoms with E-state index in [-0.39, 0.29) is 5.54 Å². The molecule has 0 amide bonds. The molecule has 1 aromatic heterocycles. The summed E-state index contributed by atoms with van der Waals surface area (Å²) in [6.07, 6.45) is 0.542. The lowest BCUT2D eigenvalue weighted by Crippen LogP contribution is -2.34. The number of benzene rings is 1. The molecule has 5 heteroatoms. The third kappa shape index (κ3) is 3.28. The lowest BCUT2D eigenvalue weighted by molar-refractivity contribution is 0.348. The number of nitrogens with two attached hydrogens (primary N) is 1. The first-order valence-corrected chi connectivity index (χ1v) is 5.69.